The van der Waals surface area contributed by atoms with Crippen molar-refractivity contribution < 1.29 is 22.7 Å². The minimum Gasteiger partial charge on any atom is -0.497 e. The molecule has 3 aromatic carbocycles. The lowest BCUT2D eigenvalue weighted by Crippen LogP contribution is -2.52. The van der Waals surface area contributed by atoms with Crippen molar-refractivity contribution in [1.82, 2.24) is 10.2 Å². The summed E-state index contributed by atoms with van der Waals surface area (Å²) in [5.74, 6) is 0.0163. The van der Waals surface area contributed by atoms with E-state index < -0.39 is 28.5 Å². The predicted octanol–water partition coefficient (Wildman–Crippen LogP) is 4.47. The van der Waals surface area contributed by atoms with E-state index in [0.717, 1.165) is 9.87 Å². The molecule has 0 saturated carbocycles. The van der Waals surface area contributed by atoms with Gasteiger partial charge in [-0.2, -0.15) is 0 Å². The molecule has 0 aliphatic heterocycles. The van der Waals surface area contributed by atoms with Gasteiger partial charge in [-0.1, -0.05) is 69.3 Å². The van der Waals surface area contributed by atoms with Crippen LogP contribution in [-0.4, -0.2) is 51.4 Å². The molecule has 39 heavy (non-hydrogen) atoms. The lowest BCUT2D eigenvalue weighted by molar-refractivity contribution is -0.140. The quantitative estimate of drug-likeness (QED) is 0.338. The number of hydrogen-bond acceptors (Lipinski definition) is 5. The number of nitrogens with one attached hydrogen (secondary N) is 1. The van der Waals surface area contributed by atoms with E-state index >= 15 is 0 Å². The molecule has 0 bridgehead atoms. The van der Waals surface area contributed by atoms with Crippen LogP contribution in [0.5, 0.6) is 5.75 Å². The van der Waals surface area contributed by atoms with Crippen LogP contribution < -0.4 is 14.4 Å². The van der Waals surface area contributed by atoms with Crippen LogP contribution >= 0.6 is 0 Å². The summed E-state index contributed by atoms with van der Waals surface area (Å²) < 4.78 is 33.9. The van der Waals surface area contributed by atoms with Gasteiger partial charge in [0.25, 0.3) is 10.0 Å². The second-order valence-electron chi connectivity index (χ2n) is 9.59. The van der Waals surface area contributed by atoms with Crippen LogP contribution in [-0.2, 0) is 26.2 Å². The molecule has 0 saturated heterocycles. The Bertz CT molecular complexity index is 1310. The molecule has 0 heterocycles. The summed E-state index contributed by atoms with van der Waals surface area (Å²) in [6.45, 7) is 6.00. The van der Waals surface area contributed by atoms with Crippen molar-refractivity contribution in [1.29, 1.82) is 0 Å². The molecule has 3 rings (SSSR count). The third-order valence-electron chi connectivity index (χ3n) is 6.24. The first-order chi connectivity index (χ1) is 18.7. The second kappa shape index (κ2) is 13.8. The molecule has 0 aliphatic carbocycles. The molecule has 8 nitrogen and oxygen atoms in total. The average molecular weight is 552 g/mol. The highest BCUT2D eigenvalue weighted by atomic mass is 32.2. The summed E-state index contributed by atoms with van der Waals surface area (Å²) in [6.07, 6.45) is 0.374. The van der Waals surface area contributed by atoms with Crippen LogP contribution in [0.4, 0.5) is 5.69 Å². The highest BCUT2D eigenvalue weighted by molar-refractivity contribution is 7.92. The second-order valence-corrected chi connectivity index (χ2v) is 11.5. The van der Waals surface area contributed by atoms with Gasteiger partial charge in [-0.15, -0.1) is 0 Å². The molecule has 208 valence electrons. The number of benzene rings is 3. The molecule has 0 fully saturated rings. The van der Waals surface area contributed by atoms with Crippen LogP contribution in [0.2, 0.25) is 0 Å². The predicted molar refractivity (Wildman–Crippen MR) is 153 cm³/mol. The monoisotopic (exact) mass is 551 g/mol. The molecule has 3 aromatic rings. The topological polar surface area (TPSA) is 96.0 Å². The van der Waals surface area contributed by atoms with E-state index in [0.29, 0.717) is 24.4 Å². The zero-order valence-corrected chi connectivity index (χ0v) is 23.7. The van der Waals surface area contributed by atoms with E-state index in [1.54, 1.807) is 42.5 Å². The minimum atomic E-state index is -4.12. The fraction of sp³-hybridized carbons (Fsp3) is 0.333. The van der Waals surface area contributed by atoms with Gasteiger partial charge in [-0.25, -0.2) is 8.42 Å². The van der Waals surface area contributed by atoms with Crippen molar-refractivity contribution in [3.8, 4) is 5.75 Å². The molecule has 9 heteroatoms. The fourth-order valence-electron chi connectivity index (χ4n) is 4.12. The van der Waals surface area contributed by atoms with Gasteiger partial charge in [0.05, 0.1) is 17.7 Å². The molecule has 1 atom stereocenters. The number of nitrogens with zero attached hydrogens (tertiary/aromatic N) is 2. The normalized spacial score (nSPS) is 12.0. The minimum absolute atomic E-state index is 0.0243. The summed E-state index contributed by atoms with van der Waals surface area (Å²) >= 11 is 0. The third-order valence-corrected chi connectivity index (χ3v) is 8.02. The molecule has 0 spiro atoms. The van der Waals surface area contributed by atoms with E-state index in [1.807, 2.05) is 51.1 Å². The molecular formula is C30H37N3O5S. The number of ether oxygens (including phenoxy) is 1. The van der Waals surface area contributed by atoms with Crippen molar-refractivity contribution in [2.45, 2.75) is 44.7 Å². The Labute approximate surface area is 231 Å². The number of rotatable bonds is 13. The first kappa shape index (κ1) is 29.7. The summed E-state index contributed by atoms with van der Waals surface area (Å²) in [7, 11) is -2.62. The van der Waals surface area contributed by atoms with Gasteiger partial charge < -0.3 is 15.0 Å². The van der Waals surface area contributed by atoms with Gasteiger partial charge in [0, 0.05) is 13.1 Å². The van der Waals surface area contributed by atoms with E-state index in [1.165, 1.54) is 24.1 Å². The number of sulfonamides is 1. The lowest BCUT2D eigenvalue weighted by atomic mass is 10.1. The fourth-order valence-corrected chi connectivity index (χ4v) is 5.53. The third kappa shape index (κ3) is 7.83. The first-order valence-corrected chi connectivity index (χ1v) is 14.4. The van der Waals surface area contributed by atoms with Crippen LogP contribution in [0, 0.1) is 5.92 Å². The van der Waals surface area contributed by atoms with Crippen LogP contribution in [0.15, 0.2) is 89.8 Å². The summed E-state index contributed by atoms with van der Waals surface area (Å²) in [5.41, 5.74) is 1.18. The Morgan fingerprint density at radius 1 is 0.897 bits per heavy atom. The number of hydrogen-bond donors (Lipinski definition) is 1. The zero-order chi connectivity index (χ0) is 28.4. The number of methoxy groups -OCH3 is 1. The molecule has 0 aromatic heterocycles. The smallest absolute Gasteiger partial charge is 0.264 e. The lowest BCUT2D eigenvalue weighted by Gasteiger charge is -2.33. The summed E-state index contributed by atoms with van der Waals surface area (Å²) in [4.78, 5) is 28.7. The molecule has 0 radical (unpaired) electrons. The first-order valence-electron chi connectivity index (χ1n) is 13.0. The number of anilines is 1. The molecule has 0 aliphatic rings. The van der Waals surface area contributed by atoms with E-state index in [-0.39, 0.29) is 23.3 Å². The Morgan fingerprint density at radius 2 is 1.49 bits per heavy atom. The zero-order valence-electron chi connectivity index (χ0n) is 22.9. The standard InChI is InChI=1S/C30H37N3O5S/c1-5-28(30(35)31-20-23(2)3)32(21-24-12-8-6-9-13-24)29(34)22-33(25-14-10-7-11-15-25)39(36,37)27-18-16-26(38-4)17-19-27/h6-19,23,28H,5,20-22H2,1-4H3,(H,31,35)/t28-/m0/s1. The van der Waals surface area contributed by atoms with Gasteiger partial charge in [-0.05, 0) is 54.3 Å². The maximum atomic E-state index is 14.0. The average Bonchev–Trinajstić information content (AvgIpc) is 2.95. The molecule has 0 unspecified atom stereocenters. The summed E-state index contributed by atoms with van der Waals surface area (Å²) in [6, 6.07) is 23.1. The van der Waals surface area contributed by atoms with Gasteiger partial charge in [0.15, 0.2) is 0 Å². The Balaban J connectivity index is 2.00. The van der Waals surface area contributed by atoms with E-state index in [9.17, 15) is 18.0 Å². The molecule has 1 N–H and O–H groups in total. The van der Waals surface area contributed by atoms with Crippen molar-refractivity contribution in [3.05, 3.63) is 90.5 Å². The Kier molecular flexibility index (Phi) is 10.5. The summed E-state index contributed by atoms with van der Waals surface area (Å²) in [5, 5.41) is 2.93. The van der Waals surface area contributed by atoms with Crippen LogP contribution in [0.3, 0.4) is 0 Å². The Morgan fingerprint density at radius 3 is 2.03 bits per heavy atom. The van der Waals surface area contributed by atoms with E-state index in [4.69, 9.17) is 4.74 Å². The van der Waals surface area contributed by atoms with Gasteiger partial charge in [-0.3, -0.25) is 13.9 Å². The SMILES string of the molecule is CC[C@@H](C(=O)NCC(C)C)N(Cc1ccccc1)C(=O)CN(c1ccccc1)S(=O)(=O)c1ccc(OC)cc1. The van der Waals surface area contributed by atoms with Crippen LogP contribution in [0.1, 0.15) is 32.8 Å². The van der Waals surface area contributed by atoms with Crippen molar-refractivity contribution >= 4 is 27.5 Å². The van der Waals surface area contributed by atoms with Crippen molar-refractivity contribution in [2.75, 3.05) is 24.5 Å². The number of carbonyl (C=O) groups is 2. The number of para-hydroxylation sites is 1. The highest BCUT2D eigenvalue weighted by Crippen LogP contribution is 2.26. The maximum absolute atomic E-state index is 14.0. The van der Waals surface area contributed by atoms with Crippen LogP contribution in [0.25, 0.3) is 0 Å². The number of carbonyl (C=O) groups excluding carboxylic acids is 2. The van der Waals surface area contributed by atoms with Crippen molar-refractivity contribution in [2.24, 2.45) is 5.92 Å². The molecule has 2 amide bonds. The number of amides is 2. The molecular weight excluding hydrogens is 514 g/mol. The van der Waals surface area contributed by atoms with Crippen molar-refractivity contribution in [3.63, 3.8) is 0 Å². The Hall–Kier alpha value is -3.85. The van der Waals surface area contributed by atoms with Gasteiger partial charge in [0.2, 0.25) is 11.8 Å². The highest BCUT2D eigenvalue weighted by Gasteiger charge is 2.33. The maximum Gasteiger partial charge on any atom is 0.264 e. The van der Waals surface area contributed by atoms with E-state index in [2.05, 4.69) is 5.32 Å². The largest absolute Gasteiger partial charge is 0.497 e. The van der Waals surface area contributed by atoms with Gasteiger partial charge >= 0.3 is 0 Å². The van der Waals surface area contributed by atoms with Gasteiger partial charge in [0.1, 0.15) is 18.3 Å².